The number of hydrogen-bond acceptors (Lipinski definition) is 5. The molecule has 54 heavy (non-hydrogen) atoms. The third-order valence-electron chi connectivity index (χ3n) is 10.3. The Balaban J connectivity index is 1.07. The first kappa shape index (κ1) is 30.7. The van der Waals surface area contributed by atoms with Crippen LogP contribution >= 0.6 is 11.3 Å². The second-order valence-corrected chi connectivity index (χ2v) is 14.6. The number of hydrogen-bond donors (Lipinski definition) is 0. The summed E-state index contributed by atoms with van der Waals surface area (Å²) >= 11 is 1.86. The number of rotatable bonds is 6. The first-order valence-corrected chi connectivity index (χ1v) is 18.8. The fraction of sp³-hybridized carbons (Fsp3) is 0. The lowest BCUT2D eigenvalue weighted by molar-refractivity contribution is 0.620. The minimum Gasteiger partial charge on any atom is -0.456 e. The van der Waals surface area contributed by atoms with Crippen molar-refractivity contribution in [2.45, 2.75) is 0 Å². The summed E-state index contributed by atoms with van der Waals surface area (Å²) in [5.74, 6) is 0.597. The molecule has 0 saturated carbocycles. The Labute approximate surface area is 314 Å². The van der Waals surface area contributed by atoms with Crippen LogP contribution in [-0.2, 0) is 0 Å². The lowest BCUT2D eigenvalue weighted by Gasteiger charge is -2.26. The number of thiophene rings is 1. The molecule has 0 radical (unpaired) electrons. The maximum Gasteiger partial charge on any atom is 0.227 e. The monoisotopic (exact) mass is 710 g/mol. The molecule has 0 saturated heterocycles. The summed E-state index contributed by atoms with van der Waals surface area (Å²) in [6.45, 7) is 0. The number of anilines is 3. The molecule has 0 aliphatic heterocycles. The predicted octanol–water partition coefficient (Wildman–Crippen LogP) is 14.6. The molecule has 11 rings (SSSR count). The fourth-order valence-corrected chi connectivity index (χ4v) is 8.93. The van der Waals surface area contributed by atoms with E-state index in [2.05, 4.69) is 150 Å². The molecule has 0 atom stereocenters. The van der Waals surface area contributed by atoms with Crippen molar-refractivity contribution in [1.29, 1.82) is 0 Å². The molecule has 0 aliphatic carbocycles. The highest BCUT2D eigenvalue weighted by molar-refractivity contribution is 7.26. The van der Waals surface area contributed by atoms with E-state index in [0.717, 1.165) is 55.7 Å². The second-order valence-electron chi connectivity index (χ2n) is 13.6. The van der Waals surface area contributed by atoms with Crippen molar-refractivity contribution in [3.8, 4) is 33.7 Å². The van der Waals surface area contributed by atoms with Crippen LogP contribution in [0.5, 0.6) is 0 Å². The number of fused-ring (bicyclic) bond motifs is 7. The third-order valence-corrected chi connectivity index (χ3v) is 11.5. The fourth-order valence-electron chi connectivity index (χ4n) is 7.70. The van der Waals surface area contributed by atoms with Crippen LogP contribution in [0.4, 0.5) is 17.1 Å². The zero-order valence-electron chi connectivity index (χ0n) is 28.9. The normalized spacial score (nSPS) is 11.7. The maximum atomic E-state index is 6.43. The van der Waals surface area contributed by atoms with Crippen LogP contribution in [0.3, 0.4) is 0 Å². The van der Waals surface area contributed by atoms with Crippen molar-refractivity contribution >= 4 is 81.6 Å². The number of furan rings is 1. The molecule has 4 nitrogen and oxygen atoms in total. The van der Waals surface area contributed by atoms with Gasteiger partial charge in [-0.15, -0.1) is 11.3 Å². The molecule has 0 spiro atoms. The van der Waals surface area contributed by atoms with Crippen LogP contribution in [0.25, 0.3) is 86.9 Å². The summed E-state index contributed by atoms with van der Waals surface area (Å²) in [5.41, 5.74) is 12.0. The molecule has 0 amide bonds. The van der Waals surface area contributed by atoms with E-state index in [9.17, 15) is 0 Å². The van der Waals surface area contributed by atoms with Crippen LogP contribution < -0.4 is 4.90 Å². The summed E-state index contributed by atoms with van der Waals surface area (Å²) in [6, 6.07) is 64.1. The van der Waals surface area contributed by atoms with Crippen LogP contribution in [0, 0.1) is 0 Å². The van der Waals surface area contributed by atoms with Gasteiger partial charge in [-0.25, -0.2) is 4.98 Å². The van der Waals surface area contributed by atoms with E-state index < -0.39 is 0 Å². The third kappa shape index (κ3) is 5.09. The number of aromatic nitrogens is 1. The SMILES string of the molecule is c1ccc(-c2ccc(N(c3cccc(-c4cccc5c4sc4ccccc45)c3)c3ccc4oc5cc6nc(-c7ccccc7)oc6cc5c4c3)cc2)cc1. The van der Waals surface area contributed by atoms with Crippen LogP contribution in [0.1, 0.15) is 0 Å². The molecule has 0 fully saturated rings. The Hall–Kier alpha value is -6.95. The molecule has 254 valence electrons. The molecule has 0 aliphatic rings. The Kier molecular flexibility index (Phi) is 7.00. The molecule has 11 aromatic rings. The van der Waals surface area contributed by atoms with Gasteiger partial charge in [0.1, 0.15) is 16.7 Å². The Morgan fingerprint density at radius 2 is 1.07 bits per heavy atom. The van der Waals surface area contributed by atoms with Crippen molar-refractivity contribution in [2.24, 2.45) is 0 Å². The zero-order valence-corrected chi connectivity index (χ0v) is 29.8. The summed E-state index contributed by atoms with van der Waals surface area (Å²) in [6.07, 6.45) is 0. The smallest absolute Gasteiger partial charge is 0.227 e. The van der Waals surface area contributed by atoms with Crippen LogP contribution in [0.15, 0.2) is 191 Å². The summed E-state index contributed by atoms with van der Waals surface area (Å²) in [4.78, 5) is 7.12. The van der Waals surface area contributed by atoms with Crippen molar-refractivity contribution in [1.82, 2.24) is 4.98 Å². The minimum absolute atomic E-state index is 0.597. The highest BCUT2D eigenvalue weighted by Gasteiger charge is 2.19. The van der Waals surface area contributed by atoms with E-state index in [-0.39, 0.29) is 0 Å². The highest BCUT2D eigenvalue weighted by atomic mass is 32.1. The largest absolute Gasteiger partial charge is 0.456 e. The van der Waals surface area contributed by atoms with Gasteiger partial charge in [0, 0.05) is 59.6 Å². The molecule has 5 heteroatoms. The molecule has 3 heterocycles. The van der Waals surface area contributed by atoms with Gasteiger partial charge in [0.05, 0.1) is 0 Å². The first-order valence-electron chi connectivity index (χ1n) is 18.0. The van der Waals surface area contributed by atoms with Crippen LogP contribution in [-0.4, -0.2) is 4.98 Å². The van der Waals surface area contributed by atoms with Gasteiger partial charge in [-0.3, -0.25) is 0 Å². The topological polar surface area (TPSA) is 42.4 Å². The van der Waals surface area contributed by atoms with E-state index in [4.69, 9.17) is 13.8 Å². The lowest BCUT2D eigenvalue weighted by atomic mass is 10.0. The van der Waals surface area contributed by atoms with Crippen molar-refractivity contribution in [3.05, 3.63) is 182 Å². The maximum absolute atomic E-state index is 6.43. The average Bonchev–Trinajstić information content (AvgIpc) is 3.94. The Bertz CT molecular complexity index is 3160. The van der Waals surface area contributed by atoms with Crippen molar-refractivity contribution in [2.75, 3.05) is 4.90 Å². The zero-order chi connectivity index (χ0) is 35.6. The summed E-state index contributed by atoms with van der Waals surface area (Å²) in [5, 5.41) is 4.59. The lowest BCUT2D eigenvalue weighted by Crippen LogP contribution is -2.10. The van der Waals surface area contributed by atoms with E-state index in [0.29, 0.717) is 5.89 Å². The Morgan fingerprint density at radius 3 is 1.93 bits per heavy atom. The summed E-state index contributed by atoms with van der Waals surface area (Å²) < 4.78 is 15.3. The quantitative estimate of drug-likeness (QED) is 0.172. The highest BCUT2D eigenvalue weighted by Crippen LogP contribution is 2.44. The second kappa shape index (κ2) is 12.3. The molecular weight excluding hydrogens is 681 g/mol. The van der Waals surface area contributed by atoms with Gasteiger partial charge < -0.3 is 13.7 Å². The standard InChI is InChI=1S/C49H30N2O2S/c1-3-11-31(12-4-1)32-21-23-35(24-22-32)51(36-16-9-15-34(27-36)38-18-10-19-40-39-17-7-8-20-47(39)54-48(38)40)37-25-26-44-41(28-37)42-29-46-43(30-45(42)52-44)50-49(53-46)33-13-5-2-6-14-33/h1-30H. The molecule has 3 aromatic heterocycles. The van der Waals surface area contributed by atoms with E-state index in [1.54, 1.807) is 0 Å². The Morgan fingerprint density at radius 1 is 0.407 bits per heavy atom. The minimum atomic E-state index is 0.597. The predicted molar refractivity (Wildman–Crippen MR) is 225 cm³/mol. The van der Waals surface area contributed by atoms with Gasteiger partial charge in [0.25, 0.3) is 0 Å². The van der Waals surface area contributed by atoms with Gasteiger partial charge in [-0.05, 0) is 89.0 Å². The first-order chi connectivity index (χ1) is 26.7. The van der Waals surface area contributed by atoms with Gasteiger partial charge in [0.2, 0.25) is 5.89 Å². The van der Waals surface area contributed by atoms with Gasteiger partial charge in [-0.2, -0.15) is 0 Å². The van der Waals surface area contributed by atoms with E-state index in [1.165, 1.54) is 42.4 Å². The van der Waals surface area contributed by atoms with Gasteiger partial charge in [0.15, 0.2) is 5.58 Å². The number of benzene rings is 8. The molecule has 0 bridgehead atoms. The molecule has 0 unspecified atom stereocenters. The van der Waals surface area contributed by atoms with Crippen molar-refractivity contribution < 1.29 is 8.83 Å². The average molecular weight is 711 g/mol. The molecule has 0 N–H and O–H groups in total. The summed E-state index contributed by atoms with van der Waals surface area (Å²) in [7, 11) is 0. The van der Waals surface area contributed by atoms with Crippen LogP contribution in [0.2, 0.25) is 0 Å². The van der Waals surface area contributed by atoms with Gasteiger partial charge in [-0.1, -0.05) is 109 Å². The van der Waals surface area contributed by atoms with Crippen molar-refractivity contribution in [3.63, 3.8) is 0 Å². The molecular formula is C49H30N2O2S. The van der Waals surface area contributed by atoms with E-state index in [1.807, 2.05) is 47.7 Å². The molecule has 8 aromatic carbocycles. The number of nitrogens with zero attached hydrogens (tertiary/aromatic N) is 2. The van der Waals surface area contributed by atoms with Gasteiger partial charge >= 0.3 is 0 Å². The number of oxazole rings is 1. The van der Waals surface area contributed by atoms with E-state index >= 15 is 0 Å².